The molecule has 0 aliphatic rings. The zero-order valence-corrected chi connectivity index (χ0v) is 17.4. The lowest BCUT2D eigenvalue weighted by atomic mass is 10.1. The van der Waals surface area contributed by atoms with E-state index < -0.39 is 5.91 Å². The molecule has 1 aromatic heterocycles. The van der Waals surface area contributed by atoms with E-state index in [0.29, 0.717) is 18.0 Å². The summed E-state index contributed by atoms with van der Waals surface area (Å²) in [5, 5.41) is 14.9. The van der Waals surface area contributed by atoms with Crippen molar-refractivity contribution in [1.29, 1.82) is 5.26 Å². The number of rotatable bonds is 7. The topological polar surface area (TPSA) is 96.2 Å². The van der Waals surface area contributed by atoms with Gasteiger partial charge < -0.3 is 19.9 Å². The molecule has 0 saturated heterocycles. The average molecular weight is 394 g/mol. The lowest BCUT2D eigenvalue weighted by Crippen LogP contribution is -2.14. The second-order valence-corrected chi connectivity index (χ2v) is 6.88. The van der Waals surface area contributed by atoms with Gasteiger partial charge >= 0.3 is 0 Å². The minimum absolute atomic E-state index is 0.00980. The number of carbonyl (C=O) groups is 2. The monoisotopic (exact) mass is 394 g/mol. The van der Waals surface area contributed by atoms with Gasteiger partial charge in [0, 0.05) is 36.8 Å². The van der Waals surface area contributed by atoms with E-state index in [9.17, 15) is 14.9 Å². The lowest BCUT2D eigenvalue weighted by Gasteiger charge is -2.17. The Bertz CT molecular complexity index is 965. The van der Waals surface area contributed by atoms with E-state index in [2.05, 4.69) is 22.1 Å². The number of aromatic nitrogens is 1. The Morgan fingerprint density at radius 2 is 1.79 bits per heavy atom. The van der Waals surface area contributed by atoms with Crippen LogP contribution in [0, 0.1) is 25.2 Å². The van der Waals surface area contributed by atoms with E-state index in [4.69, 9.17) is 4.74 Å². The summed E-state index contributed by atoms with van der Waals surface area (Å²) in [4.78, 5) is 23.6. The van der Waals surface area contributed by atoms with Gasteiger partial charge in [-0.2, -0.15) is 5.26 Å². The van der Waals surface area contributed by atoms with Gasteiger partial charge in [-0.05, 0) is 62.7 Å². The van der Waals surface area contributed by atoms with Gasteiger partial charge in [0.1, 0.15) is 11.6 Å². The fourth-order valence-electron chi connectivity index (χ4n) is 3.29. The Labute approximate surface area is 171 Å². The molecule has 0 radical (unpaired) electrons. The molecule has 0 fully saturated rings. The molecule has 0 aliphatic carbocycles. The Morgan fingerprint density at radius 1 is 1.21 bits per heavy atom. The van der Waals surface area contributed by atoms with Crippen molar-refractivity contribution in [3.63, 3.8) is 0 Å². The van der Waals surface area contributed by atoms with E-state index in [1.54, 1.807) is 37.5 Å². The highest BCUT2D eigenvalue weighted by Gasteiger charge is 2.16. The summed E-state index contributed by atoms with van der Waals surface area (Å²) in [5.74, 6) is -0.663. The predicted molar refractivity (Wildman–Crippen MR) is 113 cm³/mol. The van der Waals surface area contributed by atoms with Crippen LogP contribution in [0.1, 0.15) is 36.8 Å². The first-order valence-corrected chi connectivity index (χ1v) is 9.25. The maximum absolute atomic E-state index is 12.6. The van der Waals surface area contributed by atoms with Crippen LogP contribution >= 0.6 is 0 Å². The number of amides is 2. The summed E-state index contributed by atoms with van der Waals surface area (Å²) in [6.45, 7) is 7.99. The highest BCUT2D eigenvalue weighted by atomic mass is 16.5. The van der Waals surface area contributed by atoms with Crippen LogP contribution < -0.4 is 10.6 Å². The van der Waals surface area contributed by atoms with Gasteiger partial charge in [0.05, 0.1) is 12.6 Å². The summed E-state index contributed by atoms with van der Waals surface area (Å²) in [6.07, 6.45) is 1.60. The number of hydrogen-bond acceptors (Lipinski definition) is 4. The second kappa shape index (κ2) is 9.71. The van der Waals surface area contributed by atoms with Crippen LogP contribution in [0.4, 0.5) is 11.4 Å². The summed E-state index contributed by atoms with van der Waals surface area (Å²) in [7, 11) is 1.66. The van der Waals surface area contributed by atoms with E-state index in [1.165, 1.54) is 6.92 Å². The summed E-state index contributed by atoms with van der Waals surface area (Å²) in [5.41, 5.74) is 3.99. The first-order valence-electron chi connectivity index (χ1n) is 9.25. The third-order valence-electron chi connectivity index (χ3n) is 4.50. The van der Waals surface area contributed by atoms with E-state index >= 15 is 0 Å². The molecule has 0 saturated carbocycles. The number of ether oxygens (including phenoxy) is 1. The van der Waals surface area contributed by atoms with Crippen molar-refractivity contribution in [3.05, 3.63) is 52.9 Å². The quantitative estimate of drug-likeness (QED) is 0.551. The van der Waals surface area contributed by atoms with Gasteiger partial charge in [-0.25, -0.2) is 0 Å². The maximum atomic E-state index is 12.6. The minimum atomic E-state index is -0.491. The highest BCUT2D eigenvalue weighted by Crippen LogP contribution is 2.23. The molecule has 0 bridgehead atoms. The molecular weight excluding hydrogens is 368 g/mol. The standard InChI is InChI=1S/C22H26N4O3/c1-14-10-18(16(3)26(14)15(2)13-29-5)11-19(12-23)22(28)25-21-8-6-20(7-9-21)24-17(4)27/h6-11,15H,13H2,1-5H3,(H,24,27)(H,25,28)/b19-11-. The first kappa shape index (κ1) is 21.9. The molecule has 1 unspecified atom stereocenters. The van der Waals surface area contributed by atoms with Crippen molar-refractivity contribution >= 4 is 29.3 Å². The van der Waals surface area contributed by atoms with Crippen molar-refractivity contribution in [1.82, 2.24) is 4.57 Å². The third kappa shape index (κ3) is 5.56. The molecule has 7 heteroatoms. The van der Waals surface area contributed by atoms with Crippen LogP contribution in [0.5, 0.6) is 0 Å². The third-order valence-corrected chi connectivity index (χ3v) is 4.50. The lowest BCUT2D eigenvalue weighted by molar-refractivity contribution is -0.114. The van der Waals surface area contributed by atoms with E-state index in [-0.39, 0.29) is 17.5 Å². The molecule has 1 atom stereocenters. The van der Waals surface area contributed by atoms with E-state index in [1.807, 2.05) is 26.0 Å². The molecular formula is C22H26N4O3. The zero-order chi connectivity index (χ0) is 21.6. The molecule has 2 amide bonds. The molecule has 0 spiro atoms. The van der Waals surface area contributed by atoms with Gasteiger partial charge in [-0.1, -0.05) is 0 Å². The minimum Gasteiger partial charge on any atom is -0.383 e. The maximum Gasteiger partial charge on any atom is 0.266 e. The number of carbonyl (C=O) groups excluding carboxylic acids is 2. The summed E-state index contributed by atoms with van der Waals surface area (Å²) < 4.78 is 7.37. The Hall–Kier alpha value is -3.37. The van der Waals surface area contributed by atoms with Crippen LogP contribution in [0.2, 0.25) is 0 Å². The van der Waals surface area contributed by atoms with Gasteiger partial charge in [0.25, 0.3) is 5.91 Å². The van der Waals surface area contributed by atoms with Crippen LogP contribution in [0.25, 0.3) is 6.08 Å². The average Bonchev–Trinajstić information content (AvgIpc) is 2.94. The fraction of sp³-hybridized carbons (Fsp3) is 0.318. The molecule has 152 valence electrons. The van der Waals surface area contributed by atoms with Gasteiger partial charge in [0.2, 0.25) is 5.91 Å². The molecule has 29 heavy (non-hydrogen) atoms. The number of nitriles is 1. The summed E-state index contributed by atoms with van der Waals surface area (Å²) in [6, 6.07) is 10.8. The number of hydrogen-bond donors (Lipinski definition) is 2. The molecule has 1 aromatic carbocycles. The van der Waals surface area contributed by atoms with Crippen LogP contribution in [-0.2, 0) is 14.3 Å². The zero-order valence-electron chi connectivity index (χ0n) is 17.4. The number of nitrogens with zero attached hydrogens (tertiary/aromatic N) is 2. The largest absolute Gasteiger partial charge is 0.383 e. The van der Waals surface area contributed by atoms with Crippen LogP contribution in [0.3, 0.4) is 0 Å². The number of anilines is 2. The molecule has 2 N–H and O–H groups in total. The molecule has 2 aromatic rings. The van der Waals surface area contributed by atoms with Crippen molar-refractivity contribution in [2.24, 2.45) is 0 Å². The normalized spacial score (nSPS) is 12.2. The predicted octanol–water partition coefficient (Wildman–Crippen LogP) is 3.82. The smallest absolute Gasteiger partial charge is 0.266 e. The summed E-state index contributed by atoms with van der Waals surface area (Å²) >= 11 is 0. The van der Waals surface area contributed by atoms with Crippen LogP contribution in [-0.4, -0.2) is 30.1 Å². The number of nitrogens with one attached hydrogen (secondary N) is 2. The first-order chi connectivity index (χ1) is 13.8. The Balaban J connectivity index is 2.21. The van der Waals surface area contributed by atoms with Crippen LogP contribution in [0.15, 0.2) is 35.9 Å². The molecule has 1 heterocycles. The number of aryl methyl sites for hydroxylation is 1. The number of benzene rings is 1. The Morgan fingerprint density at radius 3 is 2.31 bits per heavy atom. The van der Waals surface area contributed by atoms with Gasteiger partial charge in [-0.3, -0.25) is 9.59 Å². The van der Waals surface area contributed by atoms with Crippen molar-refractivity contribution in [2.75, 3.05) is 24.4 Å². The SMILES string of the molecule is COCC(C)n1c(C)cc(/C=C(/C#N)C(=O)Nc2ccc(NC(C)=O)cc2)c1C. The fourth-order valence-corrected chi connectivity index (χ4v) is 3.29. The second-order valence-electron chi connectivity index (χ2n) is 6.88. The van der Waals surface area contributed by atoms with Crippen molar-refractivity contribution in [2.45, 2.75) is 33.7 Å². The molecule has 7 nitrogen and oxygen atoms in total. The Kier molecular flexibility index (Phi) is 7.34. The van der Waals surface area contributed by atoms with E-state index in [0.717, 1.165) is 17.0 Å². The molecule has 0 aliphatic heterocycles. The van der Waals surface area contributed by atoms with Crippen molar-refractivity contribution < 1.29 is 14.3 Å². The van der Waals surface area contributed by atoms with Gasteiger partial charge in [0.15, 0.2) is 0 Å². The highest BCUT2D eigenvalue weighted by molar-refractivity contribution is 6.09. The number of methoxy groups -OCH3 is 1. The van der Waals surface area contributed by atoms with Gasteiger partial charge in [-0.15, -0.1) is 0 Å². The molecule has 2 rings (SSSR count). The van der Waals surface area contributed by atoms with Crippen molar-refractivity contribution in [3.8, 4) is 6.07 Å².